The third-order valence-corrected chi connectivity index (χ3v) is 4.20. The van der Waals surface area contributed by atoms with Crippen LogP contribution >= 0.6 is 39.1 Å². The Morgan fingerprint density at radius 3 is 2.10 bits per heavy atom. The van der Waals surface area contributed by atoms with E-state index < -0.39 is 6.10 Å². The second-order valence-corrected chi connectivity index (χ2v) is 6.03. The van der Waals surface area contributed by atoms with E-state index in [0.717, 1.165) is 4.47 Å². The third-order valence-electron chi connectivity index (χ3n) is 3.05. The molecule has 1 unspecified atom stereocenters. The second-order valence-electron chi connectivity index (χ2n) is 4.30. The molecule has 1 N–H and O–H groups in total. The van der Waals surface area contributed by atoms with E-state index in [2.05, 4.69) is 15.9 Å². The molecule has 112 valence electrons. The van der Waals surface area contributed by atoms with Crippen molar-refractivity contribution < 1.29 is 14.6 Å². The first-order valence-corrected chi connectivity index (χ1v) is 7.57. The van der Waals surface area contributed by atoms with Crippen molar-refractivity contribution in [3.05, 3.63) is 56.0 Å². The highest BCUT2D eigenvalue weighted by molar-refractivity contribution is 9.10. The maximum absolute atomic E-state index is 10.5. The average Bonchev–Trinajstić information content (AvgIpc) is 2.46. The first-order valence-electron chi connectivity index (χ1n) is 6.02. The van der Waals surface area contributed by atoms with Crippen molar-refractivity contribution in [3.63, 3.8) is 0 Å². The van der Waals surface area contributed by atoms with Crippen LogP contribution in [-0.4, -0.2) is 19.3 Å². The second kappa shape index (κ2) is 6.88. The largest absolute Gasteiger partial charge is 0.493 e. The molecule has 0 fully saturated rings. The minimum Gasteiger partial charge on any atom is -0.493 e. The van der Waals surface area contributed by atoms with E-state index in [4.69, 9.17) is 32.7 Å². The number of halogens is 3. The van der Waals surface area contributed by atoms with Crippen LogP contribution in [0.25, 0.3) is 0 Å². The van der Waals surface area contributed by atoms with Gasteiger partial charge in [-0.15, -0.1) is 0 Å². The summed E-state index contributed by atoms with van der Waals surface area (Å²) in [5, 5.41) is 11.4. The van der Waals surface area contributed by atoms with Crippen molar-refractivity contribution in [3.8, 4) is 11.5 Å². The Balaban J connectivity index is 2.50. The lowest BCUT2D eigenvalue weighted by atomic mass is 10.0. The molecule has 6 heteroatoms. The maximum Gasteiger partial charge on any atom is 0.162 e. The summed E-state index contributed by atoms with van der Waals surface area (Å²) in [6.45, 7) is 0. The third kappa shape index (κ3) is 3.46. The van der Waals surface area contributed by atoms with Crippen LogP contribution in [0.2, 0.25) is 10.0 Å². The number of methoxy groups -OCH3 is 2. The number of rotatable bonds is 4. The van der Waals surface area contributed by atoms with Gasteiger partial charge in [0.25, 0.3) is 0 Å². The van der Waals surface area contributed by atoms with Crippen LogP contribution in [0.15, 0.2) is 34.8 Å². The van der Waals surface area contributed by atoms with Crippen molar-refractivity contribution in [1.29, 1.82) is 0 Å². The lowest BCUT2D eigenvalue weighted by molar-refractivity contribution is 0.219. The van der Waals surface area contributed by atoms with Gasteiger partial charge in [0.05, 0.1) is 19.2 Å². The molecule has 0 radical (unpaired) electrons. The molecule has 0 amide bonds. The van der Waals surface area contributed by atoms with E-state index in [1.807, 2.05) is 0 Å². The highest BCUT2D eigenvalue weighted by Gasteiger charge is 2.20. The summed E-state index contributed by atoms with van der Waals surface area (Å²) in [7, 11) is 3.05. The molecule has 0 bridgehead atoms. The van der Waals surface area contributed by atoms with E-state index in [1.54, 1.807) is 30.3 Å². The van der Waals surface area contributed by atoms with Gasteiger partial charge in [-0.2, -0.15) is 0 Å². The van der Waals surface area contributed by atoms with Crippen LogP contribution in [-0.2, 0) is 0 Å². The fourth-order valence-corrected chi connectivity index (χ4v) is 3.00. The molecule has 0 aliphatic rings. The van der Waals surface area contributed by atoms with Gasteiger partial charge in [0, 0.05) is 26.7 Å². The van der Waals surface area contributed by atoms with Crippen molar-refractivity contribution in [1.82, 2.24) is 0 Å². The van der Waals surface area contributed by atoms with E-state index in [-0.39, 0.29) is 0 Å². The van der Waals surface area contributed by atoms with E-state index >= 15 is 0 Å². The van der Waals surface area contributed by atoms with E-state index in [1.165, 1.54) is 14.2 Å². The van der Waals surface area contributed by atoms with Crippen LogP contribution < -0.4 is 9.47 Å². The predicted octanol–water partition coefficient (Wildman–Crippen LogP) is 4.85. The molecule has 0 saturated carbocycles. The monoisotopic (exact) mass is 390 g/mol. The zero-order chi connectivity index (χ0) is 15.6. The molecule has 0 aliphatic carbocycles. The van der Waals surface area contributed by atoms with Gasteiger partial charge < -0.3 is 14.6 Å². The van der Waals surface area contributed by atoms with Crippen LogP contribution in [0.3, 0.4) is 0 Å². The molecule has 0 heterocycles. The summed E-state index contributed by atoms with van der Waals surface area (Å²) in [5.74, 6) is 0.990. The lowest BCUT2D eigenvalue weighted by Crippen LogP contribution is -2.03. The number of benzene rings is 2. The molecular formula is C15H13BrCl2O3. The average molecular weight is 392 g/mol. The standard InChI is InChI=1S/C15H13BrCl2O3/c1-20-13-6-10(12(18)7-14(13)21-2)15(19)9-4-3-8(16)5-11(9)17/h3-7,15,19H,1-2H3. The Morgan fingerprint density at radius 1 is 0.952 bits per heavy atom. The van der Waals surface area contributed by atoms with Gasteiger partial charge in [-0.25, -0.2) is 0 Å². The normalized spacial score (nSPS) is 12.1. The van der Waals surface area contributed by atoms with Crippen molar-refractivity contribution in [2.75, 3.05) is 14.2 Å². The Hall–Kier alpha value is -0.940. The SMILES string of the molecule is COc1cc(Cl)c(C(O)c2ccc(Br)cc2Cl)cc1OC. The molecule has 0 aliphatic heterocycles. The molecule has 0 spiro atoms. The van der Waals surface area contributed by atoms with Gasteiger partial charge in [0.15, 0.2) is 11.5 Å². The van der Waals surface area contributed by atoms with Crippen molar-refractivity contribution in [2.45, 2.75) is 6.10 Å². The summed E-state index contributed by atoms with van der Waals surface area (Å²) >= 11 is 15.7. The maximum atomic E-state index is 10.5. The van der Waals surface area contributed by atoms with Crippen LogP contribution in [0, 0.1) is 0 Å². The van der Waals surface area contributed by atoms with E-state index in [9.17, 15) is 5.11 Å². The van der Waals surface area contributed by atoms with Gasteiger partial charge in [-0.3, -0.25) is 0 Å². The fourth-order valence-electron chi connectivity index (χ4n) is 1.97. The fraction of sp³-hybridized carbons (Fsp3) is 0.200. The minimum atomic E-state index is -0.960. The van der Waals surface area contributed by atoms with E-state index in [0.29, 0.717) is 32.7 Å². The van der Waals surface area contributed by atoms with Crippen LogP contribution in [0.4, 0.5) is 0 Å². The van der Waals surface area contributed by atoms with Crippen LogP contribution in [0.1, 0.15) is 17.2 Å². The zero-order valence-electron chi connectivity index (χ0n) is 11.4. The molecule has 2 rings (SSSR count). The summed E-state index contributed by atoms with van der Waals surface area (Å²) < 4.78 is 11.2. The topological polar surface area (TPSA) is 38.7 Å². The Kier molecular flexibility index (Phi) is 5.38. The van der Waals surface area contributed by atoms with Gasteiger partial charge in [-0.1, -0.05) is 45.2 Å². The number of ether oxygens (including phenoxy) is 2. The summed E-state index contributed by atoms with van der Waals surface area (Å²) in [4.78, 5) is 0. The Morgan fingerprint density at radius 2 is 1.52 bits per heavy atom. The zero-order valence-corrected chi connectivity index (χ0v) is 14.5. The van der Waals surface area contributed by atoms with Gasteiger partial charge in [-0.05, 0) is 18.2 Å². The highest BCUT2D eigenvalue weighted by atomic mass is 79.9. The molecule has 3 nitrogen and oxygen atoms in total. The molecule has 0 saturated heterocycles. The number of aliphatic hydroxyl groups is 1. The first kappa shape index (κ1) is 16.4. The molecule has 1 atom stereocenters. The smallest absolute Gasteiger partial charge is 0.162 e. The summed E-state index contributed by atoms with van der Waals surface area (Å²) in [6, 6.07) is 8.51. The van der Waals surface area contributed by atoms with Gasteiger partial charge >= 0.3 is 0 Å². The summed E-state index contributed by atoms with van der Waals surface area (Å²) in [5.41, 5.74) is 1.06. The van der Waals surface area contributed by atoms with Crippen molar-refractivity contribution >= 4 is 39.1 Å². The quantitative estimate of drug-likeness (QED) is 0.809. The van der Waals surface area contributed by atoms with Crippen molar-refractivity contribution in [2.24, 2.45) is 0 Å². The summed E-state index contributed by atoms with van der Waals surface area (Å²) in [6.07, 6.45) is -0.960. The predicted molar refractivity (Wildman–Crippen MR) is 87.8 cm³/mol. The number of hydrogen-bond donors (Lipinski definition) is 1. The molecular weight excluding hydrogens is 379 g/mol. The Labute approximate surface area is 141 Å². The number of aliphatic hydroxyl groups excluding tert-OH is 1. The lowest BCUT2D eigenvalue weighted by Gasteiger charge is -2.17. The van der Waals surface area contributed by atoms with Gasteiger partial charge in [0.2, 0.25) is 0 Å². The first-order chi connectivity index (χ1) is 9.97. The van der Waals surface area contributed by atoms with Gasteiger partial charge in [0.1, 0.15) is 6.10 Å². The highest BCUT2D eigenvalue weighted by Crippen LogP contribution is 2.39. The minimum absolute atomic E-state index is 0.374. The molecule has 2 aromatic rings. The Bertz CT molecular complexity index is 662. The molecule has 0 aromatic heterocycles. The molecule has 21 heavy (non-hydrogen) atoms. The number of hydrogen-bond acceptors (Lipinski definition) is 3. The molecule has 2 aromatic carbocycles. The van der Waals surface area contributed by atoms with Crippen LogP contribution in [0.5, 0.6) is 11.5 Å².